The number of rotatable bonds is 0. The van der Waals surface area contributed by atoms with Crippen LogP contribution < -0.4 is 0 Å². The summed E-state index contributed by atoms with van der Waals surface area (Å²) in [6, 6.07) is 0. The quantitative estimate of drug-likeness (QED) is 0.528. The summed E-state index contributed by atoms with van der Waals surface area (Å²) < 4.78 is 0. The summed E-state index contributed by atoms with van der Waals surface area (Å²) in [4.78, 5) is 0. The zero-order valence-corrected chi connectivity index (χ0v) is 12.3. The van der Waals surface area contributed by atoms with Gasteiger partial charge in [-0.15, -0.1) is 0 Å². The second kappa shape index (κ2) is 3.87. The van der Waals surface area contributed by atoms with Gasteiger partial charge in [-0.05, 0) is 78.8 Å². The third-order valence-corrected chi connectivity index (χ3v) is 6.90. The molecule has 0 nitrogen and oxygen atoms in total. The number of hydrogen-bond acceptors (Lipinski definition) is 0. The highest BCUT2D eigenvalue weighted by atomic mass is 14.6. The van der Waals surface area contributed by atoms with Gasteiger partial charge >= 0.3 is 0 Å². The van der Waals surface area contributed by atoms with Crippen molar-refractivity contribution in [3.63, 3.8) is 0 Å². The van der Waals surface area contributed by atoms with Gasteiger partial charge in [0, 0.05) is 0 Å². The number of allylic oxidation sites excluding steroid dienone is 6. The van der Waals surface area contributed by atoms with E-state index in [9.17, 15) is 0 Å². The van der Waals surface area contributed by atoms with Crippen LogP contribution in [-0.2, 0) is 0 Å². The lowest BCUT2D eigenvalue weighted by molar-refractivity contribution is -0.00539. The summed E-state index contributed by atoms with van der Waals surface area (Å²) in [6.07, 6.45) is 21.3. The summed E-state index contributed by atoms with van der Waals surface area (Å²) in [5, 5.41) is 0. The average molecular weight is 253 g/mol. The largest absolute Gasteiger partial charge is 0.0877 e. The zero-order chi connectivity index (χ0) is 13.1. The van der Waals surface area contributed by atoms with Crippen LogP contribution in [0.1, 0.15) is 52.4 Å². The van der Waals surface area contributed by atoms with Gasteiger partial charge in [0.1, 0.15) is 0 Å². The number of hydrogen-bond donors (Lipinski definition) is 0. The smallest absolute Gasteiger partial charge is 0.00441 e. The Labute approximate surface area is 117 Å². The van der Waals surface area contributed by atoms with Gasteiger partial charge < -0.3 is 0 Å². The van der Waals surface area contributed by atoms with E-state index in [1.807, 2.05) is 0 Å². The van der Waals surface area contributed by atoms with E-state index in [1.165, 1.54) is 32.1 Å². The minimum absolute atomic E-state index is 0.456. The summed E-state index contributed by atoms with van der Waals surface area (Å²) in [7, 11) is 0. The summed E-state index contributed by atoms with van der Waals surface area (Å²) in [5.41, 5.74) is 2.58. The topological polar surface area (TPSA) is 0 Å². The van der Waals surface area contributed by atoms with E-state index in [2.05, 4.69) is 44.2 Å². The van der Waals surface area contributed by atoms with Gasteiger partial charge in [-0.3, -0.25) is 0 Å². The molecule has 0 aromatic carbocycles. The third-order valence-electron chi connectivity index (χ3n) is 6.90. The Morgan fingerprint density at radius 2 is 2.05 bits per heavy atom. The highest BCUT2D eigenvalue weighted by Gasteiger charge is 2.53. The molecule has 0 N–H and O–H groups in total. The molecule has 4 rings (SSSR count). The third kappa shape index (κ3) is 1.52. The predicted molar refractivity (Wildman–Crippen MR) is 79.4 cm³/mol. The van der Waals surface area contributed by atoms with E-state index in [0.717, 1.165) is 24.2 Å². The van der Waals surface area contributed by atoms with Crippen LogP contribution >= 0.6 is 0 Å². The Balaban J connectivity index is 1.73. The molecule has 0 unspecified atom stereocenters. The fraction of sp³-hybridized carbons (Fsp3) is 0.684. The molecule has 0 aromatic rings. The van der Waals surface area contributed by atoms with Gasteiger partial charge in [0.15, 0.2) is 0 Å². The first-order chi connectivity index (χ1) is 9.13. The molecule has 5 atom stereocenters. The van der Waals surface area contributed by atoms with Gasteiger partial charge in [-0.25, -0.2) is 0 Å². The van der Waals surface area contributed by atoms with Crippen LogP contribution in [0.5, 0.6) is 0 Å². The summed E-state index contributed by atoms with van der Waals surface area (Å²) >= 11 is 0. The van der Waals surface area contributed by atoms with Crippen LogP contribution in [0.2, 0.25) is 0 Å². The van der Waals surface area contributed by atoms with Gasteiger partial charge in [0.2, 0.25) is 0 Å². The molecule has 1 saturated carbocycles. The van der Waals surface area contributed by atoms with E-state index >= 15 is 0 Å². The first-order valence-corrected chi connectivity index (χ1v) is 8.08. The second-order valence-electron chi connectivity index (χ2n) is 7.72. The monoisotopic (exact) mass is 253 g/mol. The van der Waals surface area contributed by atoms with Crippen molar-refractivity contribution in [2.75, 3.05) is 0 Å². The minimum atomic E-state index is 0.456. The van der Waals surface area contributed by atoms with Crippen molar-refractivity contribution in [3.8, 4) is 0 Å². The van der Waals surface area contributed by atoms with Crippen LogP contribution in [0.15, 0.2) is 29.9 Å². The molecule has 0 spiro atoms. The normalized spacial score (nSPS) is 51.3. The van der Waals surface area contributed by atoms with Crippen molar-refractivity contribution in [2.45, 2.75) is 52.4 Å². The maximum Gasteiger partial charge on any atom is -0.00441 e. The maximum absolute atomic E-state index is 3.45. The number of fused-ring (bicyclic) bond motifs is 5. The van der Waals surface area contributed by atoms with Crippen molar-refractivity contribution in [2.24, 2.45) is 28.6 Å². The molecule has 0 amide bonds. The van der Waals surface area contributed by atoms with E-state index in [-0.39, 0.29) is 0 Å². The standard InChI is InChI=1S/C19H25/c1-18-11-5-7-16(18)15-9-8-14-6-3-4-12-19(14,2)17(15)10-13-18/h5-6,8,11,15-17H,4,7,9-10,12-13H2,1-2H3/t15-,16-,17-,18-,19-/m0/s1. The molecule has 101 valence electrons. The Morgan fingerprint density at radius 3 is 2.95 bits per heavy atom. The van der Waals surface area contributed by atoms with Gasteiger partial charge in [0.05, 0.1) is 0 Å². The lowest BCUT2D eigenvalue weighted by atomic mass is 9.49. The fourth-order valence-electron chi connectivity index (χ4n) is 5.67. The van der Waals surface area contributed by atoms with Crippen LogP contribution in [0.3, 0.4) is 0 Å². The molecule has 4 aliphatic carbocycles. The van der Waals surface area contributed by atoms with Gasteiger partial charge in [-0.1, -0.05) is 38.2 Å². The Bertz CT molecular complexity index is 480. The summed E-state index contributed by atoms with van der Waals surface area (Å²) in [5.74, 6) is 2.76. The van der Waals surface area contributed by atoms with Crippen LogP contribution in [0, 0.1) is 34.7 Å². The zero-order valence-electron chi connectivity index (χ0n) is 12.3. The Kier molecular flexibility index (Phi) is 2.44. The maximum atomic E-state index is 3.45. The molecule has 0 bridgehead atoms. The van der Waals surface area contributed by atoms with Crippen molar-refractivity contribution in [3.05, 3.63) is 36.0 Å². The molecule has 0 saturated heterocycles. The predicted octanol–water partition coefficient (Wildman–Crippen LogP) is 5.08. The van der Waals surface area contributed by atoms with E-state index < -0.39 is 0 Å². The molecule has 19 heavy (non-hydrogen) atoms. The molecule has 4 aliphatic rings. The molecule has 0 aliphatic heterocycles. The highest BCUT2D eigenvalue weighted by Crippen LogP contribution is 2.62. The van der Waals surface area contributed by atoms with Crippen LogP contribution in [-0.4, -0.2) is 0 Å². The van der Waals surface area contributed by atoms with E-state index in [0.29, 0.717) is 10.8 Å². The molecular formula is C19H25. The molecule has 1 fully saturated rings. The van der Waals surface area contributed by atoms with Crippen LogP contribution in [0.25, 0.3) is 0 Å². The lowest BCUT2D eigenvalue weighted by Gasteiger charge is -2.55. The van der Waals surface area contributed by atoms with Crippen molar-refractivity contribution in [1.82, 2.24) is 0 Å². The fourth-order valence-corrected chi connectivity index (χ4v) is 5.67. The first kappa shape index (κ1) is 12.0. The molecular weight excluding hydrogens is 228 g/mol. The van der Waals surface area contributed by atoms with E-state index in [4.69, 9.17) is 0 Å². The van der Waals surface area contributed by atoms with Crippen molar-refractivity contribution < 1.29 is 0 Å². The second-order valence-corrected chi connectivity index (χ2v) is 7.72. The Hall–Kier alpha value is -0.780. The molecule has 1 radical (unpaired) electrons. The Morgan fingerprint density at radius 1 is 1.16 bits per heavy atom. The minimum Gasteiger partial charge on any atom is -0.0877 e. The molecule has 0 heteroatoms. The van der Waals surface area contributed by atoms with Gasteiger partial charge in [-0.2, -0.15) is 0 Å². The van der Waals surface area contributed by atoms with E-state index in [1.54, 1.807) is 5.57 Å². The average Bonchev–Trinajstić information content (AvgIpc) is 2.79. The highest BCUT2D eigenvalue weighted by molar-refractivity contribution is 5.33. The van der Waals surface area contributed by atoms with Crippen molar-refractivity contribution in [1.29, 1.82) is 0 Å². The first-order valence-electron chi connectivity index (χ1n) is 8.08. The lowest BCUT2D eigenvalue weighted by Crippen LogP contribution is -2.47. The molecule has 0 heterocycles. The van der Waals surface area contributed by atoms with Crippen molar-refractivity contribution >= 4 is 0 Å². The molecule has 0 aromatic heterocycles. The van der Waals surface area contributed by atoms with Crippen LogP contribution in [0.4, 0.5) is 0 Å². The van der Waals surface area contributed by atoms with Gasteiger partial charge in [0.25, 0.3) is 0 Å². The summed E-state index contributed by atoms with van der Waals surface area (Å²) in [6.45, 7) is 5.05. The SMILES string of the molecule is C[C@@]12C=CC[C@H]1[C@@H]1CC=C3C=[C]CC[C@]3(C)[C@H]1CC2.